The third-order valence-corrected chi connectivity index (χ3v) is 14.5. The SMILES string of the molecule is CCCCCCCCCCCCCCCCCCP(=O)(OCCCCCCCC)OP(=O)(O)OP(=O)(O)CO[C@H](C)Cn1cnc2c(N)ncnc21. The summed E-state index contributed by atoms with van der Waals surface area (Å²) in [5.41, 5.74) is 6.69. The minimum Gasteiger partial charge on any atom is -0.382 e. The number of anilines is 1. The second kappa shape index (κ2) is 26.6. The molecule has 14 nitrogen and oxygen atoms in total. The largest absolute Gasteiger partial charge is 0.486 e. The lowest BCUT2D eigenvalue weighted by Gasteiger charge is -2.23. The maximum absolute atomic E-state index is 13.7. The molecular weight excluding hydrogens is 727 g/mol. The van der Waals surface area contributed by atoms with Gasteiger partial charge in [-0.25, -0.2) is 28.1 Å². The number of aromatic nitrogens is 4. The molecule has 0 fully saturated rings. The molecule has 2 heterocycles. The molecule has 0 amide bonds. The van der Waals surface area contributed by atoms with Gasteiger partial charge in [-0.2, -0.15) is 0 Å². The first-order valence-electron chi connectivity index (χ1n) is 19.7. The molecule has 0 bridgehead atoms. The first-order chi connectivity index (χ1) is 24.9. The van der Waals surface area contributed by atoms with Crippen LogP contribution in [-0.4, -0.2) is 54.5 Å². The Morgan fingerprint density at radius 2 is 1.21 bits per heavy atom. The van der Waals surface area contributed by atoms with E-state index >= 15 is 0 Å². The lowest BCUT2D eigenvalue weighted by atomic mass is 10.0. The van der Waals surface area contributed by atoms with Gasteiger partial charge in [0.2, 0.25) is 0 Å². The summed E-state index contributed by atoms with van der Waals surface area (Å²) < 4.78 is 61.9. The quantitative estimate of drug-likeness (QED) is 0.0447. The molecule has 2 aromatic rings. The van der Waals surface area contributed by atoms with Crippen molar-refractivity contribution in [2.75, 3.05) is 24.9 Å². The highest BCUT2D eigenvalue weighted by molar-refractivity contribution is 7.69. The number of hydrogen-bond donors (Lipinski definition) is 3. The van der Waals surface area contributed by atoms with Crippen molar-refractivity contribution in [2.24, 2.45) is 0 Å². The second-order valence-corrected chi connectivity index (χ2v) is 19.6. The molecule has 302 valence electrons. The number of ether oxygens (including phenoxy) is 1. The van der Waals surface area contributed by atoms with Gasteiger partial charge < -0.3 is 29.3 Å². The van der Waals surface area contributed by atoms with Crippen LogP contribution in [-0.2, 0) is 38.1 Å². The van der Waals surface area contributed by atoms with Gasteiger partial charge in [-0.15, -0.1) is 0 Å². The van der Waals surface area contributed by atoms with Gasteiger partial charge >= 0.3 is 23.0 Å². The minimum absolute atomic E-state index is 0.0825. The first kappa shape index (κ1) is 47.0. The van der Waals surface area contributed by atoms with Crippen molar-refractivity contribution in [3.63, 3.8) is 0 Å². The Bertz CT molecular complexity index is 1380. The highest BCUT2D eigenvalue weighted by Gasteiger charge is 2.41. The molecule has 2 aromatic heterocycles. The number of hydrogen-bond acceptors (Lipinski definition) is 11. The zero-order chi connectivity index (χ0) is 38.1. The van der Waals surface area contributed by atoms with Crippen molar-refractivity contribution in [1.82, 2.24) is 19.5 Å². The van der Waals surface area contributed by atoms with E-state index in [0.717, 1.165) is 57.8 Å². The van der Waals surface area contributed by atoms with Crippen LogP contribution in [0.2, 0.25) is 0 Å². The van der Waals surface area contributed by atoms with Gasteiger partial charge in [-0.3, -0.25) is 9.13 Å². The Morgan fingerprint density at radius 1 is 0.712 bits per heavy atom. The van der Waals surface area contributed by atoms with Gasteiger partial charge in [0, 0.05) is 0 Å². The molecule has 4 atom stereocenters. The van der Waals surface area contributed by atoms with Crippen LogP contribution in [0.3, 0.4) is 0 Å². The van der Waals surface area contributed by atoms with E-state index in [1.165, 1.54) is 83.3 Å². The van der Waals surface area contributed by atoms with Crippen LogP contribution >= 0.6 is 23.0 Å². The maximum Gasteiger partial charge on any atom is 0.486 e. The van der Waals surface area contributed by atoms with E-state index in [2.05, 4.69) is 33.1 Å². The predicted molar refractivity (Wildman–Crippen MR) is 208 cm³/mol. The van der Waals surface area contributed by atoms with E-state index in [9.17, 15) is 23.5 Å². The van der Waals surface area contributed by atoms with Crippen LogP contribution in [0.15, 0.2) is 12.7 Å². The van der Waals surface area contributed by atoms with Gasteiger partial charge in [0.05, 0.1) is 31.7 Å². The molecule has 2 rings (SSSR count). The fraction of sp³-hybridized carbons (Fsp3) is 0.857. The van der Waals surface area contributed by atoms with Crippen LogP contribution in [0.25, 0.3) is 11.2 Å². The van der Waals surface area contributed by atoms with Crippen LogP contribution < -0.4 is 5.73 Å². The van der Waals surface area contributed by atoms with Gasteiger partial charge in [-0.1, -0.05) is 142 Å². The Hall–Kier alpha value is -1.20. The maximum atomic E-state index is 13.7. The van der Waals surface area contributed by atoms with Crippen molar-refractivity contribution in [1.29, 1.82) is 0 Å². The normalized spacial score (nSPS) is 16.1. The molecule has 0 aromatic carbocycles. The highest BCUT2D eigenvalue weighted by Crippen LogP contribution is 2.69. The van der Waals surface area contributed by atoms with E-state index in [1.807, 2.05) is 0 Å². The molecule has 0 aliphatic carbocycles. The molecular formula is C35H68N5O9P3. The van der Waals surface area contributed by atoms with Crippen LogP contribution in [0, 0.1) is 0 Å². The average molecular weight is 796 g/mol. The number of rotatable bonds is 34. The minimum atomic E-state index is -5.28. The lowest BCUT2D eigenvalue weighted by molar-refractivity contribution is 0.0758. The average Bonchev–Trinajstić information content (AvgIpc) is 3.49. The summed E-state index contributed by atoms with van der Waals surface area (Å²) in [7, 11) is -14.2. The third kappa shape index (κ3) is 21.0. The molecule has 4 N–H and O–H groups in total. The smallest absolute Gasteiger partial charge is 0.382 e. The Morgan fingerprint density at radius 3 is 1.75 bits per heavy atom. The fourth-order valence-electron chi connectivity index (χ4n) is 6.01. The van der Waals surface area contributed by atoms with E-state index in [1.54, 1.807) is 11.5 Å². The van der Waals surface area contributed by atoms with E-state index in [0.29, 0.717) is 24.0 Å². The van der Waals surface area contributed by atoms with Crippen LogP contribution in [0.5, 0.6) is 0 Å². The topological polar surface area (TPSA) is 198 Å². The zero-order valence-electron chi connectivity index (χ0n) is 32.1. The molecule has 0 saturated heterocycles. The first-order valence-corrected chi connectivity index (χ1v) is 24.7. The van der Waals surface area contributed by atoms with Crippen LogP contribution in [0.4, 0.5) is 5.82 Å². The summed E-state index contributed by atoms with van der Waals surface area (Å²) in [6.07, 6.45) is 25.8. The second-order valence-electron chi connectivity index (χ2n) is 13.9. The summed E-state index contributed by atoms with van der Waals surface area (Å²) in [5.74, 6) is 0.215. The number of fused-ring (bicyclic) bond motifs is 1. The van der Waals surface area contributed by atoms with Gasteiger partial charge in [0.15, 0.2) is 11.5 Å². The number of nitrogens with two attached hydrogens (primary N) is 1. The molecule has 0 aliphatic heterocycles. The zero-order valence-corrected chi connectivity index (χ0v) is 34.8. The number of unbranched alkanes of at least 4 members (excludes halogenated alkanes) is 20. The Kier molecular flexibility index (Phi) is 24.0. The summed E-state index contributed by atoms with van der Waals surface area (Å²) in [6.45, 7) is 6.28. The van der Waals surface area contributed by atoms with Crippen molar-refractivity contribution in [3.05, 3.63) is 12.7 Å². The molecule has 0 saturated carbocycles. The summed E-state index contributed by atoms with van der Waals surface area (Å²) in [4.78, 5) is 33.1. The Labute approximate surface area is 312 Å². The van der Waals surface area contributed by atoms with E-state index in [-0.39, 0.29) is 25.1 Å². The fourth-order valence-corrected chi connectivity index (χ4v) is 11.2. The van der Waals surface area contributed by atoms with Gasteiger partial charge in [-0.05, 0) is 19.8 Å². The molecule has 52 heavy (non-hydrogen) atoms. The number of imidazole rings is 1. The van der Waals surface area contributed by atoms with E-state index < -0.39 is 35.5 Å². The molecule has 3 unspecified atom stereocenters. The van der Waals surface area contributed by atoms with E-state index in [4.69, 9.17) is 19.3 Å². The lowest BCUT2D eigenvalue weighted by Crippen LogP contribution is -2.17. The van der Waals surface area contributed by atoms with Crippen molar-refractivity contribution in [3.8, 4) is 0 Å². The summed E-state index contributed by atoms with van der Waals surface area (Å²) in [5, 5.41) is 0. The molecule has 0 radical (unpaired) electrons. The van der Waals surface area contributed by atoms with Crippen molar-refractivity contribution in [2.45, 2.75) is 175 Å². The molecule has 0 aliphatic rings. The molecule has 17 heteroatoms. The van der Waals surface area contributed by atoms with Gasteiger partial charge in [0.25, 0.3) is 0 Å². The highest BCUT2D eigenvalue weighted by atomic mass is 31.3. The van der Waals surface area contributed by atoms with Gasteiger partial charge in [0.1, 0.15) is 18.2 Å². The number of phosphoric acid groups is 1. The predicted octanol–water partition coefficient (Wildman–Crippen LogP) is 10.9. The molecule has 0 spiro atoms. The third-order valence-electron chi connectivity index (χ3n) is 8.94. The standard InChI is InChI=1S/C35H68N5O9P3/c1-4-6-8-10-12-13-14-15-16-17-18-19-20-21-23-25-27-51(43,47-26-24-22-11-9-7-5-2)49-52(44,45)48-50(41,42)31-46-32(3)28-40-30-39-33-34(36)37-29-38-35(33)40/h29-30,32H,4-28,31H2,1-3H3,(H,41,42)(H,44,45)(H2,36,37,38)/t32-,51?/m1/s1. The summed E-state index contributed by atoms with van der Waals surface area (Å²) >= 11 is 0. The van der Waals surface area contributed by atoms with Crippen LogP contribution in [0.1, 0.15) is 162 Å². The monoisotopic (exact) mass is 795 g/mol. The number of nitrogens with zero attached hydrogens (tertiary/aromatic N) is 4. The Balaban J connectivity index is 1.77. The summed E-state index contributed by atoms with van der Waals surface area (Å²) in [6, 6.07) is 0. The van der Waals surface area contributed by atoms with Crippen molar-refractivity contribution >= 4 is 40.0 Å². The van der Waals surface area contributed by atoms with Crippen molar-refractivity contribution < 1.29 is 41.4 Å². The number of nitrogen functional groups attached to an aromatic ring is 1.